The second-order valence-corrected chi connectivity index (χ2v) is 8.70. The Kier molecular flexibility index (Phi) is 7.42. The Bertz CT molecular complexity index is 1260. The minimum atomic E-state index is -0.965. The monoisotopic (exact) mass is 456 g/mol. The number of benzene rings is 4. The quantitative estimate of drug-likeness (QED) is 0.240. The predicted octanol–water partition coefficient (Wildman–Crippen LogP) is 9.02. The molecule has 1 nitrogen and oxygen atoms in total. The maximum absolute atomic E-state index is 14.6. The summed E-state index contributed by atoms with van der Waals surface area (Å²) < 4.78 is 33.7. The lowest BCUT2D eigenvalue weighted by Gasteiger charge is -2.12. The van der Waals surface area contributed by atoms with Crippen molar-refractivity contribution in [3.05, 3.63) is 102 Å². The maximum Gasteiger partial charge on any atom is 0.201 e. The third-order valence-electron chi connectivity index (χ3n) is 6.36. The first-order chi connectivity index (χ1) is 16.5. The minimum Gasteiger partial charge on any atom is -0.494 e. The van der Waals surface area contributed by atoms with E-state index in [0.29, 0.717) is 5.56 Å². The fourth-order valence-electron chi connectivity index (χ4n) is 4.34. The fourth-order valence-corrected chi connectivity index (χ4v) is 4.34. The van der Waals surface area contributed by atoms with Gasteiger partial charge < -0.3 is 4.74 Å². The average molecular weight is 457 g/mol. The zero-order chi connectivity index (χ0) is 24.1. The van der Waals surface area contributed by atoms with Crippen molar-refractivity contribution in [1.82, 2.24) is 0 Å². The molecule has 0 heterocycles. The average Bonchev–Trinajstić information content (AvgIpc) is 2.87. The summed E-state index contributed by atoms with van der Waals surface area (Å²) in [4.78, 5) is 0. The number of halogens is 2. The van der Waals surface area contributed by atoms with Crippen molar-refractivity contribution in [3.8, 4) is 39.1 Å². The van der Waals surface area contributed by atoms with Crippen molar-refractivity contribution in [3.63, 3.8) is 0 Å². The summed E-state index contributed by atoms with van der Waals surface area (Å²) in [6, 6.07) is 26.1. The van der Waals surface area contributed by atoms with Crippen LogP contribution >= 0.6 is 0 Å². The van der Waals surface area contributed by atoms with Gasteiger partial charge in [0.25, 0.3) is 0 Å². The fraction of sp³-hybridized carbons (Fsp3) is 0.226. The molecule has 3 heteroatoms. The molecule has 4 aromatic carbocycles. The van der Waals surface area contributed by atoms with E-state index in [2.05, 4.69) is 55.5 Å². The van der Waals surface area contributed by atoms with Gasteiger partial charge in [-0.1, -0.05) is 86.5 Å². The summed E-state index contributed by atoms with van der Waals surface area (Å²) >= 11 is 0. The summed E-state index contributed by atoms with van der Waals surface area (Å²) in [6.45, 7) is 4.14. The van der Waals surface area contributed by atoms with Crippen molar-refractivity contribution in [2.24, 2.45) is 0 Å². The van der Waals surface area contributed by atoms with Crippen molar-refractivity contribution in [2.45, 2.75) is 39.5 Å². The lowest BCUT2D eigenvalue weighted by molar-refractivity contribution is 0.372. The Hall–Kier alpha value is -3.46. The molecule has 4 rings (SSSR count). The maximum atomic E-state index is 14.6. The molecule has 0 atom stereocenters. The molecular formula is C31H30F2O. The van der Waals surface area contributed by atoms with Gasteiger partial charge in [-0.2, -0.15) is 4.39 Å². The van der Waals surface area contributed by atoms with Crippen molar-refractivity contribution in [1.29, 1.82) is 0 Å². The van der Waals surface area contributed by atoms with Crippen LogP contribution < -0.4 is 4.74 Å². The van der Waals surface area contributed by atoms with Crippen LogP contribution in [-0.4, -0.2) is 7.11 Å². The highest BCUT2D eigenvalue weighted by molar-refractivity contribution is 5.76. The van der Waals surface area contributed by atoms with Crippen LogP contribution in [0, 0.1) is 18.6 Å². The molecule has 0 aromatic heterocycles. The zero-order valence-electron chi connectivity index (χ0n) is 20.0. The van der Waals surface area contributed by atoms with Crippen LogP contribution in [0.4, 0.5) is 8.78 Å². The Morgan fingerprint density at radius 3 is 1.79 bits per heavy atom. The Balaban J connectivity index is 1.53. The van der Waals surface area contributed by atoms with Gasteiger partial charge in [-0.15, -0.1) is 0 Å². The predicted molar refractivity (Wildman–Crippen MR) is 137 cm³/mol. The van der Waals surface area contributed by atoms with Crippen LogP contribution in [0.15, 0.2) is 78.9 Å². The summed E-state index contributed by atoms with van der Waals surface area (Å²) in [5.41, 5.74) is 7.65. The highest BCUT2D eigenvalue weighted by Crippen LogP contribution is 2.34. The Morgan fingerprint density at radius 1 is 0.647 bits per heavy atom. The molecule has 0 spiro atoms. The van der Waals surface area contributed by atoms with Gasteiger partial charge in [0.05, 0.1) is 7.11 Å². The molecule has 0 aliphatic heterocycles. The molecule has 4 aromatic rings. The van der Waals surface area contributed by atoms with Crippen molar-refractivity contribution in [2.75, 3.05) is 7.11 Å². The molecule has 0 radical (unpaired) electrons. The highest BCUT2D eigenvalue weighted by atomic mass is 19.2. The number of hydrogen-bond acceptors (Lipinski definition) is 1. The first kappa shape index (κ1) is 23.7. The van der Waals surface area contributed by atoms with Crippen LogP contribution in [0.5, 0.6) is 5.75 Å². The zero-order valence-corrected chi connectivity index (χ0v) is 20.0. The number of unbranched alkanes of at least 4 members (excludes halogenated alkanes) is 2. The molecule has 0 saturated carbocycles. The van der Waals surface area contributed by atoms with Gasteiger partial charge in [0.1, 0.15) is 0 Å². The molecule has 0 saturated heterocycles. The normalized spacial score (nSPS) is 11.0. The van der Waals surface area contributed by atoms with E-state index in [1.165, 1.54) is 49.1 Å². The van der Waals surface area contributed by atoms with Gasteiger partial charge in [-0.05, 0) is 70.8 Å². The molecule has 0 bridgehead atoms. The summed E-state index contributed by atoms with van der Waals surface area (Å²) in [5, 5.41) is 0. The van der Waals surface area contributed by atoms with E-state index in [1.807, 2.05) is 25.1 Å². The van der Waals surface area contributed by atoms with E-state index in [1.54, 1.807) is 6.07 Å². The molecule has 34 heavy (non-hydrogen) atoms. The number of ether oxygens (including phenoxy) is 1. The molecule has 0 N–H and O–H groups in total. The highest BCUT2D eigenvalue weighted by Gasteiger charge is 2.16. The standard InChI is InChI=1S/C31H30F2O/c1-4-5-6-7-22-8-10-23(11-9-22)24-12-14-25(15-13-24)26-16-17-27(21(2)20-26)28-18-19-29(34-3)31(33)30(28)32/h8-20H,4-7H2,1-3H3. The molecule has 0 amide bonds. The van der Waals surface area contributed by atoms with Gasteiger partial charge in [-0.3, -0.25) is 0 Å². The van der Waals surface area contributed by atoms with Crippen molar-refractivity contribution >= 4 is 0 Å². The third kappa shape index (κ3) is 5.04. The number of hydrogen-bond donors (Lipinski definition) is 0. The van der Waals surface area contributed by atoms with Gasteiger partial charge in [0.15, 0.2) is 11.6 Å². The Morgan fingerprint density at radius 2 is 1.21 bits per heavy atom. The second-order valence-electron chi connectivity index (χ2n) is 8.70. The van der Waals surface area contributed by atoms with E-state index >= 15 is 0 Å². The lowest BCUT2D eigenvalue weighted by Crippen LogP contribution is -1.96. The summed E-state index contributed by atoms with van der Waals surface area (Å²) in [5.74, 6) is -1.95. The third-order valence-corrected chi connectivity index (χ3v) is 6.36. The smallest absolute Gasteiger partial charge is 0.201 e. The van der Waals surface area contributed by atoms with Gasteiger partial charge >= 0.3 is 0 Å². The van der Waals surface area contributed by atoms with Crippen LogP contribution in [0.25, 0.3) is 33.4 Å². The second kappa shape index (κ2) is 10.6. The molecule has 0 aliphatic rings. The summed E-state index contributed by atoms with van der Waals surface area (Å²) in [6.07, 6.45) is 4.89. The van der Waals surface area contributed by atoms with E-state index in [-0.39, 0.29) is 11.3 Å². The molecule has 0 aliphatic carbocycles. The number of rotatable bonds is 8. The van der Waals surface area contributed by atoms with Crippen LogP contribution in [0.3, 0.4) is 0 Å². The van der Waals surface area contributed by atoms with Crippen LogP contribution in [-0.2, 0) is 6.42 Å². The molecule has 0 unspecified atom stereocenters. The summed E-state index contributed by atoms with van der Waals surface area (Å²) in [7, 11) is 1.33. The minimum absolute atomic E-state index is 0.0956. The largest absolute Gasteiger partial charge is 0.494 e. The molecule has 0 fully saturated rings. The SMILES string of the molecule is CCCCCc1ccc(-c2ccc(-c3ccc(-c4ccc(OC)c(F)c4F)c(C)c3)cc2)cc1. The van der Waals surface area contributed by atoms with E-state index in [0.717, 1.165) is 23.1 Å². The van der Waals surface area contributed by atoms with Gasteiger partial charge in [0.2, 0.25) is 5.82 Å². The van der Waals surface area contributed by atoms with E-state index in [9.17, 15) is 8.78 Å². The van der Waals surface area contributed by atoms with Gasteiger partial charge in [-0.25, -0.2) is 4.39 Å². The van der Waals surface area contributed by atoms with Crippen LogP contribution in [0.1, 0.15) is 37.3 Å². The van der Waals surface area contributed by atoms with E-state index in [4.69, 9.17) is 4.74 Å². The molecule has 174 valence electrons. The van der Waals surface area contributed by atoms with Crippen molar-refractivity contribution < 1.29 is 13.5 Å². The first-order valence-corrected chi connectivity index (χ1v) is 11.8. The van der Waals surface area contributed by atoms with Gasteiger partial charge in [0, 0.05) is 5.56 Å². The first-order valence-electron chi connectivity index (χ1n) is 11.8. The lowest BCUT2D eigenvalue weighted by atomic mass is 9.94. The Labute approximate surface area is 201 Å². The number of methoxy groups -OCH3 is 1. The van der Waals surface area contributed by atoms with Crippen LogP contribution in [0.2, 0.25) is 0 Å². The number of aryl methyl sites for hydroxylation is 2. The molecular weight excluding hydrogens is 426 g/mol. The topological polar surface area (TPSA) is 9.23 Å². The van der Waals surface area contributed by atoms with E-state index < -0.39 is 11.6 Å².